The Morgan fingerprint density at radius 3 is 2.81 bits per heavy atom. The first-order chi connectivity index (χ1) is 7.59. The second-order valence-electron chi connectivity index (χ2n) is 3.38. The number of aromatic nitrogens is 1. The third-order valence-corrected chi connectivity index (χ3v) is 2.61. The Bertz CT molecular complexity index is 557. The lowest BCUT2D eigenvalue weighted by molar-refractivity contribution is -0.138. The first kappa shape index (κ1) is 10.9. The summed E-state index contributed by atoms with van der Waals surface area (Å²) in [7, 11) is 0. The molecule has 0 fully saturated rings. The van der Waals surface area contributed by atoms with E-state index in [2.05, 4.69) is 4.98 Å². The number of carbonyl (C=O) groups is 1. The van der Waals surface area contributed by atoms with E-state index in [0.29, 0.717) is 11.1 Å². The van der Waals surface area contributed by atoms with Crippen LogP contribution in [0.5, 0.6) is 0 Å². The van der Waals surface area contributed by atoms with E-state index in [1.54, 1.807) is 12.1 Å². The maximum Gasteiger partial charge on any atom is 0.325 e. The zero-order valence-electron chi connectivity index (χ0n) is 8.22. The average Bonchev–Trinajstić information content (AvgIpc) is 2.27. The van der Waals surface area contributed by atoms with Crippen molar-refractivity contribution in [3.05, 3.63) is 41.0 Å². The van der Waals surface area contributed by atoms with Crippen molar-refractivity contribution in [2.45, 2.75) is 6.04 Å². The maximum absolute atomic E-state index is 10.8. The summed E-state index contributed by atoms with van der Waals surface area (Å²) < 4.78 is 0. The molecule has 0 unspecified atom stereocenters. The van der Waals surface area contributed by atoms with Gasteiger partial charge in [-0.05, 0) is 12.1 Å². The predicted octanol–water partition coefficient (Wildman–Crippen LogP) is 1.97. The normalized spacial score (nSPS) is 12.6. The van der Waals surface area contributed by atoms with Crippen LogP contribution in [0.15, 0.2) is 30.3 Å². The number of halogens is 1. The molecular formula is C11H9ClN2O2. The third-order valence-electron chi connectivity index (χ3n) is 2.31. The van der Waals surface area contributed by atoms with Crippen LogP contribution in [0, 0.1) is 0 Å². The summed E-state index contributed by atoms with van der Waals surface area (Å²) in [5, 5.41) is 9.77. The van der Waals surface area contributed by atoms with Gasteiger partial charge >= 0.3 is 5.97 Å². The van der Waals surface area contributed by atoms with Crippen LogP contribution in [0.25, 0.3) is 10.9 Å². The molecule has 2 rings (SSSR count). The Morgan fingerprint density at radius 2 is 2.12 bits per heavy atom. The van der Waals surface area contributed by atoms with Gasteiger partial charge in [0.1, 0.15) is 11.2 Å². The summed E-state index contributed by atoms with van der Waals surface area (Å²) in [6, 6.07) is 7.82. The number of carboxylic acid groups (broad SMARTS) is 1. The van der Waals surface area contributed by atoms with Gasteiger partial charge < -0.3 is 10.8 Å². The number of nitrogens with zero attached hydrogens (tertiary/aromatic N) is 1. The van der Waals surface area contributed by atoms with Crippen LogP contribution in [0.3, 0.4) is 0 Å². The van der Waals surface area contributed by atoms with Crippen LogP contribution < -0.4 is 5.73 Å². The molecule has 1 aromatic carbocycles. The van der Waals surface area contributed by atoms with E-state index in [9.17, 15) is 4.79 Å². The fourth-order valence-electron chi connectivity index (χ4n) is 1.46. The fraction of sp³-hybridized carbons (Fsp3) is 0.0909. The first-order valence-electron chi connectivity index (χ1n) is 4.63. The molecule has 2 aromatic rings. The van der Waals surface area contributed by atoms with E-state index in [4.69, 9.17) is 22.4 Å². The molecule has 16 heavy (non-hydrogen) atoms. The van der Waals surface area contributed by atoms with Crippen LogP contribution in [-0.2, 0) is 4.79 Å². The zero-order chi connectivity index (χ0) is 11.7. The van der Waals surface area contributed by atoms with Crippen LogP contribution in [0.2, 0.25) is 5.15 Å². The van der Waals surface area contributed by atoms with E-state index in [0.717, 1.165) is 5.39 Å². The SMILES string of the molecule is N[C@H](C(=O)O)c1cc2ccccc2nc1Cl. The number of hydrogen-bond donors (Lipinski definition) is 2. The summed E-state index contributed by atoms with van der Waals surface area (Å²) in [6.07, 6.45) is 0. The minimum atomic E-state index is -1.15. The molecule has 0 saturated carbocycles. The summed E-state index contributed by atoms with van der Waals surface area (Å²) in [4.78, 5) is 14.9. The monoisotopic (exact) mass is 236 g/mol. The number of benzene rings is 1. The van der Waals surface area contributed by atoms with Crippen molar-refractivity contribution < 1.29 is 9.90 Å². The summed E-state index contributed by atoms with van der Waals surface area (Å²) in [6.45, 7) is 0. The molecule has 1 atom stereocenters. The second kappa shape index (κ2) is 4.08. The van der Waals surface area contributed by atoms with Crippen molar-refractivity contribution in [3.63, 3.8) is 0 Å². The highest BCUT2D eigenvalue weighted by Crippen LogP contribution is 2.24. The Hall–Kier alpha value is -1.65. The number of rotatable bonds is 2. The first-order valence-corrected chi connectivity index (χ1v) is 5.01. The zero-order valence-corrected chi connectivity index (χ0v) is 8.98. The Balaban J connectivity index is 2.62. The molecule has 0 bridgehead atoms. The molecule has 1 heterocycles. The van der Waals surface area contributed by atoms with Crippen molar-refractivity contribution in [2.75, 3.05) is 0 Å². The molecule has 1 aromatic heterocycles. The van der Waals surface area contributed by atoms with Gasteiger partial charge in [0.25, 0.3) is 0 Å². The molecule has 4 nitrogen and oxygen atoms in total. The number of fused-ring (bicyclic) bond motifs is 1. The van der Waals surface area contributed by atoms with E-state index in [-0.39, 0.29) is 5.15 Å². The van der Waals surface area contributed by atoms with Crippen molar-refractivity contribution in [1.82, 2.24) is 4.98 Å². The minimum absolute atomic E-state index is 0.133. The third kappa shape index (κ3) is 1.85. The lowest BCUT2D eigenvalue weighted by Crippen LogP contribution is -2.21. The van der Waals surface area contributed by atoms with Gasteiger partial charge in [0.2, 0.25) is 0 Å². The number of hydrogen-bond acceptors (Lipinski definition) is 3. The summed E-state index contributed by atoms with van der Waals surface area (Å²) in [5.41, 5.74) is 6.55. The van der Waals surface area contributed by atoms with Gasteiger partial charge in [0.15, 0.2) is 0 Å². The highest BCUT2D eigenvalue weighted by molar-refractivity contribution is 6.30. The standard InChI is InChI=1S/C11H9ClN2O2/c12-10-7(9(13)11(15)16)5-6-3-1-2-4-8(6)14-10/h1-5,9H,13H2,(H,15,16)/t9-/m0/s1. The molecule has 0 amide bonds. The van der Waals surface area contributed by atoms with Crippen LogP contribution in [-0.4, -0.2) is 16.1 Å². The van der Waals surface area contributed by atoms with Crippen LogP contribution >= 0.6 is 11.6 Å². The highest BCUT2D eigenvalue weighted by atomic mass is 35.5. The molecule has 0 spiro atoms. The molecule has 0 aliphatic rings. The largest absolute Gasteiger partial charge is 0.480 e. The van der Waals surface area contributed by atoms with E-state index in [1.165, 1.54) is 0 Å². The molecular weight excluding hydrogens is 228 g/mol. The van der Waals surface area contributed by atoms with Crippen LogP contribution in [0.1, 0.15) is 11.6 Å². The minimum Gasteiger partial charge on any atom is -0.480 e. The fourth-order valence-corrected chi connectivity index (χ4v) is 1.72. The van der Waals surface area contributed by atoms with Gasteiger partial charge in [-0.3, -0.25) is 4.79 Å². The number of nitrogens with two attached hydrogens (primary N) is 1. The lowest BCUT2D eigenvalue weighted by atomic mass is 10.1. The topological polar surface area (TPSA) is 76.2 Å². The molecule has 0 aliphatic heterocycles. The van der Waals surface area contributed by atoms with Gasteiger partial charge in [-0.25, -0.2) is 4.98 Å². The van der Waals surface area contributed by atoms with Gasteiger partial charge in [0.05, 0.1) is 5.52 Å². The summed E-state index contributed by atoms with van der Waals surface area (Å²) in [5.74, 6) is -1.13. The number of para-hydroxylation sites is 1. The molecule has 3 N–H and O–H groups in total. The van der Waals surface area contributed by atoms with Gasteiger partial charge in [-0.1, -0.05) is 29.8 Å². The molecule has 0 aliphatic carbocycles. The molecule has 82 valence electrons. The Kier molecular flexibility index (Phi) is 2.77. The number of aliphatic carboxylic acids is 1. The van der Waals surface area contributed by atoms with Crippen LogP contribution in [0.4, 0.5) is 0 Å². The highest BCUT2D eigenvalue weighted by Gasteiger charge is 2.18. The van der Waals surface area contributed by atoms with E-state index in [1.807, 2.05) is 18.2 Å². The van der Waals surface area contributed by atoms with Crippen molar-refractivity contribution in [3.8, 4) is 0 Å². The van der Waals surface area contributed by atoms with Crippen molar-refractivity contribution in [2.24, 2.45) is 5.73 Å². The lowest BCUT2D eigenvalue weighted by Gasteiger charge is -2.09. The van der Waals surface area contributed by atoms with Gasteiger partial charge in [-0.15, -0.1) is 0 Å². The van der Waals surface area contributed by atoms with Gasteiger partial charge in [0, 0.05) is 10.9 Å². The quantitative estimate of drug-likeness (QED) is 0.782. The van der Waals surface area contributed by atoms with Gasteiger partial charge in [-0.2, -0.15) is 0 Å². The Labute approximate surface area is 96.7 Å². The predicted molar refractivity (Wildman–Crippen MR) is 61.3 cm³/mol. The number of pyridine rings is 1. The number of carboxylic acids is 1. The van der Waals surface area contributed by atoms with Crippen molar-refractivity contribution in [1.29, 1.82) is 0 Å². The Morgan fingerprint density at radius 1 is 1.44 bits per heavy atom. The van der Waals surface area contributed by atoms with E-state index >= 15 is 0 Å². The average molecular weight is 237 g/mol. The molecule has 0 radical (unpaired) electrons. The van der Waals surface area contributed by atoms with E-state index < -0.39 is 12.0 Å². The second-order valence-corrected chi connectivity index (χ2v) is 3.74. The molecule has 5 heteroatoms. The maximum atomic E-state index is 10.8. The van der Waals surface area contributed by atoms with Crippen molar-refractivity contribution >= 4 is 28.5 Å². The molecule has 0 saturated heterocycles. The summed E-state index contributed by atoms with van der Waals surface area (Å²) >= 11 is 5.89. The smallest absolute Gasteiger partial charge is 0.325 e.